The summed E-state index contributed by atoms with van der Waals surface area (Å²) in [5.74, 6) is 0.482. The Bertz CT molecular complexity index is 879. The van der Waals surface area contributed by atoms with Crippen LogP contribution in [0.1, 0.15) is 56.4 Å². The first-order valence-electron chi connectivity index (χ1n) is 9.83. The predicted octanol–water partition coefficient (Wildman–Crippen LogP) is 3.37. The first kappa shape index (κ1) is 17.7. The number of fused-ring (bicyclic) bond motifs is 3. The number of rotatable bonds is 5. The lowest BCUT2D eigenvalue weighted by Crippen LogP contribution is -2.40. The Morgan fingerprint density at radius 3 is 2.81 bits per heavy atom. The molecule has 6 heteroatoms. The second kappa shape index (κ2) is 7.14. The molecule has 26 heavy (non-hydrogen) atoms. The van der Waals surface area contributed by atoms with Crippen LogP contribution in [0.25, 0.3) is 10.2 Å². The summed E-state index contributed by atoms with van der Waals surface area (Å²) in [4.78, 5) is 34.6. The number of hydrogen-bond acceptors (Lipinski definition) is 4. The topological polar surface area (TPSA) is 55.2 Å². The van der Waals surface area contributed by atoms with Crippen molar-refractivity contribution in [3.05, 3.63) is 27.1 Å². The van der Waals surface area contributed by atoms with Crippen LogP contribution < -0.4 is 5.56 Å². The van der Waals surface area contributed by atoms with E-state index >= 15 is 0 Å². The number of aromatic nitrogens is 2. The first-order chi connectivity index (χ1) is 12.5. The Hall–Kier alpha value is -1.69. The molecule has 1 saturated carbocycles. The zero-order chi connectivity index (χ0) is 18.3. The van der Waals surface area contributed by atoms with Crippen molar-refractivity contribution in [3.8, 4) is 0 Å². The van der Waals surface area contributed by atoms with Crippen molar-refractivity contribution in [2.45, 2.75) is 71.4 Å². The molecule has 0 atom stereocenters. The summed E-state index contributed by atoms with van der Waals surface area (Å²) in [5, 5.41) is 0.768. The van der Waals surface area contributed by atoms with Gasteiger partial charge in [-0.1, -0.05) is 20.3 Å². The van der Waals surface area contributed by atoms with Crippen LogP contribution in [-0.2, 0) is 24.2 Å². The van der Waals surface area contributed by atoms with Gasteiger partial charge in [-0.2, -0.15) is 0 Å². The molecular weight excluding hydrogens is 346 g/mol. The van der Waals surface area contributed by atoms with Gasteiger partial charge in [0.05, 0.1) is 11.7 Å². The molecule has 0 unspecified atom stereocenters. The van der Waals surface area contributed by atoms with Crippen molar-refractivity contribution in [2.75, 3.05) is 6.54 Å². The Morgan fingerprint density at radius 1 is 1.31 bits per heavy atom. The fraction of sp³-hybridized carbons (Fsp3) is 0.650. The van der Waals surface area contributed by atoms with Gasteiger partial charge in [-0.3, -0.25) is 14.2 Å². The number of thiophene rings is 1. The van der Waals surface area contributed by atoms with Crippen molar-refractivity contribution in [3.63, 3.8) is 0 Å². The molecule has 0 aliphatic heterocycles. The van der Waals surface area contributed by atoms with Crippen LogP contribution in [0.3, 0.4) is 0 Å². The van der Waals surface area contributed by atoms with E-state index in [9.17, 15) is 9.59 Å². The van der Waals surface area contributed by atoms with Gasteiger partial charge in [0.2, 0.25) is 5.91 Å². The molecule has 2 aromatic rings. The van der Waals surface area contributed by atoms with Crippen LogP contribution >= 0.6 is 11.3 Å². The molecule has 2 aliphatic rings. The van der Waals surface area contributed by atoms with E-state index in [0.29, 0.717) is 12.0 Å². The van der Waals surface area contributed by atoms with Gasteiger partial charge in [-0.05, 0) is 50.0 Å². The smallest absolute Gasteiger partial charge is 0.262 e. The lowest BCUT2D eigenvalue weighted by Gasteiger charge is -2.24. The highest BCUT2D eigenvalue weighted by Gasteiger charge is 2.33. The number of hydrogen-bond donors (Lipinski definition) is 0. The molecule has 0 saturated heterocycles. The third-order valence-corrected chi connectivity index (χ3v) is 6.57. The van der Waals surface area contributed by atoms with Gasteiger partial charge in [-0.25, -0.2) is 4.98 Å². The van der Waals surface area contributed by atoms with Crippen molar-refractivity contribution in [1.29, 1.82) is 0 Å². The lowest BCUT2D eigenvalue weighted by molar-refractivity contribution is -0.133. The van der Waals surface area contributed by atoms with Gasteiger partial charge in [-0.15, -0.1) is 11.3 Å². The highest BCUT2D eigenvalue weighted by molar-refractivity contribution is 7.18. The number of amides is 1. The maximum atomic E-state index is 13.1. The molecule has 2 aliphatic carbocycles. The first-order valence-corrected chi connectivity index (χ1v) is 10.7. The quantitative estimate of drug-likeness (QED) is 0.755. The molecule has 0 aromatic carbocycles. The zero-order valence-corrected chi connectivity index (χ0v) is 16.5. The molecule has 2 aromatic heterocycles. The number of carbonyl (C=O) groups excluding carboxylic acids is 1. The van der Waals surface area contributed by atoms with E-state index in [1.807, 2.05) is 4.90 Å². The van der Waals surface area contributed by atoms with Crippen LogP contribution in [0.2, 0.25) is 0 Å². The molecular formula is C20H27N3O2S. The molecule has 140 valence electrons. The third-order valence-electron chi connectivity index (χ3n) is 5.37. The summed E-state index contributed by atoms with van der Waals surface area (Å²) in [7, 11) is 0. The minimum atomic E-state index is -0.0388. The van der Waals surface area contributed by atoms with Crippen molar-refractivity contribution >= 4 is 27.5 Å². The number of nitrogens with zero attached hydrogens (tertiary/aromatic N) is 3. The SMILES string of the molecule is CC(C)CN(C(=O)Cn1cnc2sc3c(c2c1=O)CCCCC3)C1CC1. The largest absolute Gasteiger partial charge is 0.338 e. The molecule has 2 heterocycles. The summed E-state index contributed by atoms with van der Waals surface area (Å²) in [5.41, 5.74) is 1.16. The summed E-state index contributed by atoms with van der Waals surface area (Å²) < 4.78 is 1.53. The van der Waals surface area contributed by atoms with E-state index in [-0.39, 0.29) is 18.0 Å². The third kappa shape index (κ3) is 3.43. The molecule has 1 amide bonds. The number of carbonyl (C=O) groups is 1. The summed E-state index contributed by atoms with van der Waals surface area (Å²) in [6.07, 6.45) is 9.31. The van der Waals surface area contributed by atoms with Gasteiger partial charge in [0.1, 0.15) is 11.4 Å². The van der Waals surface area contributed by atoms with Gasteiger partial charge in [0.15, 0.2) is 0 Å². The van der Waals surface area contributed by atoms with E-state index in [1.165, 1.54) is 27.8 Å². The molecule has 0 N–H and O–H groups in total. The fourth-order valence-corrected chi connectivity index (χ4v) is 5.16. The molecule has 4 rings (SSSR count). The average Bonchev–Trinajstić information content (AvgIpc) is 3.40. The van der Waals surface area contributed by atoms with Crippen LogP contribution in [-0.4, -0.2) is 32.9 Å². The van der Waals surface area contributed by atoms with E-state index in [2.05, 4.69) is 18.8 Å². The zero-order valence-electron chi connectivity index (χ0n) is 15.7. The van der Waals surface area contributed by atoms with Crippen LogP contribution in [0.5, 0.6) is 0 Å². The average molecular weight is 374 g/mol. The van der Waals surface area contributed by atoms with Crippen molar-refractivity contribution < 1.29 is 4.79 Å². The standard InChI is InChI=1S/C20H27N3O2S/c1-13(2)10-23(14-8-9-14)17(24)11-22-12-21-19-18(20(22)25)15-6-4-3-5-7-16(15)26-19/h12-14H,3-11H2,1-2H3. The van der Waals surface area contributed by atoms with E-state index in [0.717, 1.165) is 48.9 Å². The molecule has 0 bridgehead atoms. The second-order valence-electron chi connectivity index (χ2n) is 8.09. The molecule has 0 radical (unpaired) electrons. The molecule has 1 fully saturated rings. The summed E-state index contributed by atoms with van der Waals surface area (Å²) in [6, 6.07) is 0.370. The number of aryl methyl sites for hydroxylation is 2. The van der Waals surface area contributed by atoms with E-state index < -0.39 is 0 Å². The van der Waals surface area contributed by atoms with Crippen molar-refractivity contribution in [1.82, 2.24) is 14.5 Å². The molecule has 5 nitrogen and oxygen atoms in total. The second-order valence-corrected chi connectivity index (χ2v) is 9.18. The maximum absolute atomic E-state index is 13.1. The van der Waals surface area contributed by atoms with Gasteiger partial charge in [0.25, 0.3) is 5.56 Å². The Labute approximate surface area is 158 Å². The van der Waals surface area contributed by atoms with Gasteiger partial charge >= 0.3 is 0 Å². The predicted molar refractivity (Wildman–Crippen MR) is 105 cm³/mol. The Morgan fingerprint density at radius 2 is 2.08 bits per heavy atom. The van der Waals surface area contributed by atoms with Crippen molar-refractivity contribution in [2.24, 2.45) is 5.92 Å². The summed E-state index contributed by atoms with van der Waals surface area (Å²) in [6.45, 7) is 5.13. The van der Waals surface area contributed by atoms with Crippen LogP contribution in [0.15, 0.2) is 11.1 Å². The summed E-state index contributed by atoms with van der Waals surface area (Å²) >= 11 is 1.66. The van der Waals surface area contributed by atoms with E-state index in [4.69, 9.17) is 0 Å². The maximum Gasteiger partial charge on any atom is 0.262 e. The highest BCUT2D eigenvalue weighted by atomic mass is 32.1. The minimum absolute atomic E-state index is 0.0388. The van der Waals surface area contributed by atoms with E-state index in [1.54, 1.807) is 17.7 Å². The van der Waals surface area contributed by atoms with Gasteiger partial charge in [0, 0.05) is 17.5 Å². The van der Waals surface area contributed by atoms with Crippen LogP contribution in [0.4, 0.5) is 0 Å². The monoisotopic (exact) mass is 373 g/mol. The Kier molecular flexibility index (Phi) is 4.86. The minimum Gasteiger partial charge on any atom is -0.338 e. The molecule has 0 spiro atoms. The van der Waals surface area contributed by atoms with Gasteiger partial charge < -0.3 is 4.90 Å². The fourth-order valence-electron chi connectivity index (χ4n) is 3.94. The lowest BCUT2D eigenvalue weighted by atomic mass is 10.1. The highest BCUT2D eigenvalue weighted by Crippen LogP contribution is 2.33. The normalized spacial score (nSPS) is 17.3. The van der Waals surface area contributed by atoms with Crippen LogP contribution in [0, 0.1) is 5.92 Å². The Balaban J connectivity index is 1.64.